The second-order valence-corrected chi connectivity index (χ2v) is 2.21. The van der Waals surface area contributed by atoms with Crippen molar-refractivity contribution >= 4 is 0 Å². The van der Waals surface area contributed by atoms with E-state index in [9.17, 15) is 4.79 Å². The number of hydrogen-bond donors (Lipinski definition) is 2. The van der Waals surface area contributed by atoms with Gasteiger partial charge in [-0.1, -0.05) is 0 Å². The topological polar surface area (TPSA) is 53.1 Å². The smallest absolute Gasteiger partial charge is 0.248 e. The third-order valence-electron chi connectivity index (χ3n) is 1.21. The lowest BCUT2D eigenvalue weighted by molar-refractivity contribution is 0.276. The molecule has 0 saturated carbocycles. The summed E-state index contributed by atoms with van der Waals surface area (Å²) in [6.07, 6.45) is 0. The second kappa shape index (κ2) is 2.66. The number of rotatable bonds is 1. The van der Waals surface area contributed by atoms with E-state index in [0.29, 0.717) is 5.69 Å². The Morgan fingerprint density at radius 1 is 1.60 bits per heavy atom. The molecule has 0 bridgehead atoms. The van der Waals surface area contributed by atoms with Gasteiger partial charge in [0.05, 0.1) is 6.61 Å². The summed E-state index contributed by atoms with van der Waals surface area (Å²) in [5.74, 6) is 0. The third-order valence-corrected chi connectivity index (χ3v) is 1.21. The van der Waals surface area contributed by atoms with Gasteiger partial charge in [-0.3, -0.25) is 4.79 Å². The van der Waals surface area contributed by atoms with E-state index in [-0.39, 0.29) is 12.2 Å². The first-order valence-corrected chi connectivity index (χ1v) is 3.03. The van der Waals surface area contributed by atoms with Gasteiger partial charge in [0, 0.05) is 11.8 Å². The average Bonchev–Trinajstić information content (AvgIpc) is 1.85. The van der Waals surface area contributed by atoms with Gasteiger partial charge in [0.2, 0.25) is 5.56 Å². The molecule has 0 aliphatic carbocycles. The van der Waals surface area contributed by atoms with Crippen LogP contribution in [0.1, 0.15) is 11.3 Å². The first-order chi connectivity index (χ1) is 4.72. The summed E-state index contributed by atoms with van der Waals surface area (Å²) in [6, 6.07) is 3.22. The average molecular weight is 139 g/mol. The molecular formula is C7H9NO2. The Bertz CT molecular complexity index is 277. The van der Waals surface area contributed by atoms with Crippen LogP contribution in [-0.4, -0.2) is 10.1 Å². The molecule has 0 radical (unpaired) electrons. The van der Waals surface area contributed by atoms with E-state index >= 15 is 0 Å². The molecule has 0 atom stereocenters. The van der Waals surface area contributed by atoms with Gasteiger partial charge in [0.1, 0.15) is 0 Å². The molecule has 0 fully saturated rings. The minimum Gasteiger partial charge on any atom is -0.390 e. The zero-order chi connectivity index (χ0) is 7.56. The maximum atomic E-state index is 10.7. The maximum Gasteiger partial charge on any atom is 0.248 e. The number of H-pyrrole nitrogens is 1. The van der Waals surface area contributed by atoms with Crippen LogP contribution in [-0.2, 0) is 6.61 Å². The van der Waals surface area contributed by atoms with Gasteiger partial charge in [0.15, 0.2) is 0 Å². The highest BCUT2D eigenvalue weighted by molar-refractivity contribution is 5.13. The van der Waals surface area contributed by atoms with Gasteiger partial charge >= 0.3 is 0 Å². The lowest BCUT2D eigenvalue weighted by Gasteiger charge is -1.95. The Labute approximate surface area is 58.3 Å². The Balaban J connectivity index is 3.19. The number of aromatic nitrogens is 1. The lowest BCUT2D eigenvalue weighted by atomic mass is 10.2. The molecule has 3 nitrogen and oxygen atoms in total. The Kier molecular flexibility index (Phi) is 1.87. The molecule has 0 saturated heterocycles. The van der Waals surface area contributed by atoms with Crippen molar-refractivity contribution in [2.75, 3.05) is 0 Å². The summed E-state index contributed by atoms with van der Waals surface area (Å²) in [5, 5.41) is 8.62. The zero-order valence-corrected chi connectivity index (χ0v) is 5.72. The first kappa shape index (κ1) is 7.02. The van der Waals surface area contributed by atoms with Crippen molar-refractivity contribution in [2.24, 2.45) is 0 Å². The number of aliphatic hydroxyl groups is 1. The number of pyridine rings is 1. The van der Waals surface area contributed by atoms with Gasteiger partial charge in [-0.2, -0.15) is 0 Å². The van der Waals surface area contributed by atoms with E-state index < -0.39 is 0 Å². The predicted octanol–water partition coefficient (Wildman–Crippen LogP) is 0.176. The fourth-order valence-corrected chi connectivity index (χ4v) is 0.839. The molecular weight excluding hydrogens is 130 g/mol. The van der Waals surface area contributed by atoms with Gasteiger partial charge in [-0.15, -0.1) is 0 Å². The molecule has 0 aromatic carbocycles. The Morgan fingerprint density at radius 2 is 2.30 bits per heavy atom. The van der Waals surface area contributed by atoms with E-state index in [1.54, 1.807) is 6.07 Å². The van der Waals surface area contributed by atoms with Crippen LogP contribution in [0.5, 0.6) is 0 Å². The molecule has 0 unspecified atom stereocenters. The van der Waals surface area contributed by atoms with Crippen molar-refractivity contribution in [3.05, 3.63) is 33.7 Å². The Morgan fingerprint density at radius 3 is 2.80 bits per heavy atom. The van der Waals surface area contributed by atoms with Crippen LogP contribution >= 0.6 is 0 Å². The minimum absolute atomic E-state index is 0.114. The van der Waals surface area contributed by atoms with Crippen molar-refractivity contribution < 1.29 is 5.11 Å². The fraction of sp³-hybridized carbons (Fsp3) is 0.286. The van der Waals surface area contributed by atoms with Crippen LogP contribution in [0.4, 0.5) is 0 Å². The second-order valence-electron chi connectivity index (χ2n) is 2.21. The predicted molar refractivity (Wildman–Crippen MR) is 37.7 cm³/mol. The van der Waals surface area contributed by atoms with Crippen LogP contribution in [0.15, 0.2) is 16.9 Å². The summed E-state index contributed by atoms with van der Waals surface area (Å²) in [6.45, 7) is 1.70. The first-order valence-electron chi connectivity index (χ1n) is 3.03. The van der Waals surface area contributed by atoms with Crippen molar-refractivity contribution in [3.8, 4) is 0 Å². The SMILES string of the molecule is Cc1cc(CO)[nH]c(=O)c1. The number of aliphatic hydroxyl groups excluding tert-OH is 1. The van der Waals surface area contributed by atoms with E-state index in [2.05, 4.69) is 4.98 Å². The van der Waals surface area contributed by atoms with Crippen LogP contribution in [0, 0.1) is 6.92 Å². The molecule has 54 valence electrons. The van der Waals surface area contributed by atoms with Crippen LogP contribution in [0.3, 0.4) is 0 Å². The minimum atomic E-state index is -0.163. The van der Waals surface area contributed by atoms with Crippen molar-refractivity contribution in [3.63, 3.8) is 0 Å². The monoisotopic (exact) mass is 139 g/mol. The molecule has 1 aromatic rings. The molecule has 1 heterocycles. The zero-order valence-electron chi connectivity index (χ0n) is 5.72. The molecule has 10 heavy (non-hydrogen) atoms. The van der Waals surface area contributed by atoms with Crippen molar-refractivity contribution in [2.45, 2.75) is 13.5 Å². The van der Waals surface area contributed by atoms with Crippen molar-refractivity contribution in [1.29, 1.82) is 0 Å². The summed E-state index contributed by atoms with van der Waals surface area (Å²) in [5.41, 5.74) is 1.27. The molecule has 0 amide bonds. The van der Waals surface area contributed by atoms with E-state index in [1.807, 2.05) is 6.92 Å². The van der Waals surface area contributed by atoms with E-state index in [0.717, 1.165) is 5.56 Å². The number of aryl methyl sites for hydroxylation is 1. The van der Waals surface area contributed by atoms with Gasteiger partial charge in [-0.05, 0) is 18.6 Å². The standard InChI is InChI=1S/C7H9NO2/c1-5-2-6(4-9)8-7(10)3-5/h2-3,9H,4H2,1H3,(H,8,10). The maximum absolute atomic E-state index is 10.7. The summed E-state index contributed by atoms with van der Waals surface area (Å²) in [4.78, 5) is 13.2. The molecule has 0 aliphatic rings. The summed E-state index contributed by atoms with van der Waals surface area (Å²) >= 11 is 0. The number of hydrogen-bond acceptors (Lipinski definition) is 2. The molecule has 2 N–H and O–H groups in total. The number of aromatic amines is 1. The van der Waals surface area contributed by atoms with E-state index in [1.165, 1.54) is 6.07 Å². The van der Waals surface area contributed by atoms with Crippen molar-refractivity contribution in [1.82, 2.24) is 4.98 Å². The molecule has 0 spiro atoms. The van der Waals surface area contributed by atoms with Crippen LogP contribution < -0.4 is 5.56 Å². The largest absolute Gasteiger partial charge is 0.390 e. The van der Waals surface area contributed by atoms with Gasteiger partial charge < -0.3 is 10.1 Å². The van der Waals surface area contributed by atoms with Crippen LogP contribution in [0.2, 0.25) is 0 Å². The Hall–Kier alpha value is -1.09. The normalized spacial score (nSPS) is 9.80. The lowest BCUT2D eigenvalue weighted by Crippen LogP contribution is -2.07. The van der Waals surface area contributed by atoms with Crippen LogP contribution in [0.25, 0.3) is 0 Å². The molecule has 1 rings (SSSR count). The summed E-state index contributed by atoms with van der Waals surface area (Å²) < 4.78 is 0. The van der Waals surface area contributed by atoms with Gasteiger partial charge in [0.25, 0.3) is 0 Å². The number of nitrogens with one attached hydrogen (secondary N) is 1. The van der Waals surface area contributed by atoms with Gasteiger partial charge in [-0.25, -0.2) is 0 Å². The highest BCUT2D eigenvalue weighted by Crippen LogP contribution is 1.94. The summed E-state index contributed by atoms with van der Waals surface area (Å²) in [7, 11) is 0. The highest BCUT2D eigenvalue weighted by atomic mass is 16.3. The highest BCUT2D eigenvalue weighted by Gasteiger charge is 1.91. The quantitative estimate of drug-likeness (QED) is 0.583. The molecule has 3 heteroatoms. The molecule has 0 aliphatic heterocycles. The fourth-order valence-electron chi connectivity index (χ4n) is 0.839. The molecule has 1 aromatic heterocycles. The third kappa shape index (κ3) is 1.45. The van der Waals surface area contributed by atoms with E-state index in [4.69, 9.17) is 5.11 Å².